The van der Waals surface area contributed by atoms with Crippen molar-refractivity contribution in [1.82, 2.24) is 0 Å². The standard InChI is InChI=1S/C23H32O5/c1-13(24)27-16-7-9-22(3)15(11-16)12-19(26)21-17-5-6-20(28-14(2)25)23(17,4)10-8-18(21)22/h12,16-18,20-21H,5-11H2,1-4H3/t16-,17+,18+,20+,21-,22+,23+/m1/s1. The Morgan fingerprint density at radius 2 is 1.68 bits per heavy atom. The molecule has 7 atom stereocenters. The molecule has 4 aliphatic carbocycles. The van der Waals surface area contributed by atoms with E-state index in [9.17, 15) is 14.4 Å². The molecule has 0 amide bonds. The number of ketones is 1. The fourth-order valence-corrected chi connectivity index (χ4v) is 7.05. The second-order valence-electron chi connectivity index (χ2n) is 9.92. The van der Waals surface area contributed by atoms with E-state index in [2.05, 4.69) is 13.8 Å². The molecule has 28 heavy (non-hydrogen) atoms. The molecule has 154 valence electrons. The molecular formula is C23H32O5. The molecule has 0 aromatic heterocycles. The van der Waals surface area contributed by atoms with E-state index in [1.54, 1.807) is 0 Å². The van der Waals surface area contributed by atoms with Crippen LogP contribution in [0.1, 0.15) is 72.6 Å². The molecule has 0 N–H and O–H groups in total. The maximum absolute atomic E-state index is 13.3. The maximum Gasteiger partial charge on any atom is 0.302 e. The van der Waals surface area contributed by atoms with Gasteiger partial charge in [0.25, 0.3) is 0 Å². The van der Waals surface area contributed by atoms with Gasteiger partial charge < -0.3 is 9.47 Å². The highest BCUT2D eigenvalue weighted by Crippen LogP contribution is 2.64. The van der Waals surface area contributed by atoms with Crippen LogP contribution in [0.15, 0.2) is 11.6 Å². The van der Waals surface area contributed by atoms with Crippen LogP contribution >= 0.6 is 0 Å². The van der Waals surface area contributed by atoms with Crippen molar-refractivity contribution < 1.29 is 23.9 Å². The van der Waals surface area contributed by atoms with Crippen LogP contribution < -0.4 is 0 Å². The van der Waals surface area contributed by atoms with Gasteiger partial charge in [0.05, 0.1) is 0 Å². The predicted molar refractivity (Wildman–Crippen MR) is 103 cm³/mol. The molecule has 5 heteroatoms. The van der Waals surface area contributed by atoms with Gasteiger partial charge in [-0.3, -0.25) is 14.4 Å². The Balaban J connectivity index is 1.62. The fraction of sp³-hybridized carbons (Fsp3) is 0.783. The van der Waals surface area contributed by atoms with Crippen molar-refractivity contribution >= 4 is 17.7 Å². The van der Waals surface area contributed by atoms with Crippen molar-refractivity contribution in [3.8, 4) is 0 Å². The number of carbonyl (C=O) groups excluding carboxylic acids is 3. The Hall–Kier alpha value is -1.65. The SMILES string of the molecule is CC(=O)O[C@@H]1CC[C@@]2(C)C(=CC(=O)[C@@H]3[C@@H]4CC[C@H](OC(C)=O)[C@@]4(C)CC[C@@H]32)C1. The van der Waals surface area contributed by atoms with E-state index >= 15 is 0 Å². The largest absolute Gasteiger partial charge is 0.462 e. The van der Waals surface area contributed by atoms with Gasteiger partial charge in [0, 0.05) is 31.6 Å². The van der Waals surface area contributed by atoms with Gasteiger partial charge in [0.1, 0.15) is 12.2 Å². The molecular weight excluding hydrogens is 356 g/mol. The van der Waals surface area contributed by atoms with Crippen molar-refractivity contribution in [2.24, 2.45) is 28.6 Å². The molecule has 3 saturated carbocycles. The van der Waals surface area contributed by atoms with Crippen LogP contribution in [0.3, 0.4) is 0 Å². The highest BCUT2D eigenvalue weighted by Gasteiger charge is 2.61. The van der Waals surface area contributed by atoms with E-state index in [1.807, 2.05) is 6.08 Å². The normalized spacial score (nSPS) is 44.6. The quantitative estimate of drug-likeness (QED) is 0.669. The second kappa shape index (κ2) is 6.70. The van der Waals surface area contributed by atoms with Crippen LogP contribution in [0.2, 0.25) is 0 Å². The van der Waals surface area contributed by atoms with E-state index in [4.69, 9.17) is 9.47 Å². The first-order chi connectivity index (χ1) is 13.1. The fourth-order valence-electron chi connectivity index (χ4n) is 7.05. The van der Waals surface area contributed by atoms with Crippen molar-refractivity contribution in [2.75, 3.05) is 0 Å². The first-order valence-corrected chi connectivity index (χ1v) is 10.7. The summed E-state index contributed by atoms with van der Waals surface area (Å²) >= 11 is 0. The summed E-state index contributed by atoms with van der Waals surface area (Å²) in [6.07, 6.45) is 8.02. The van der Waals surface area contributed by atoms with E-state index < -0.39 is 0 Å². The first kappa shape index (κ1) is 19.7. The number of rotatable bonds is 2. The van der Waals surface area contributed by atoms with Crippen molar-refractivity contribution in [3.63, 3.8) is 0 Å². The van der Waals surface area contributed by atoms with Crippen LogP contribution in [0.25, 0.3) is 0 Å². The zero-order chi connectivity index (χ0) is 20.3. The van der Waals surface area contributed by atoms with Gasteiger partial charge in [0.15, 0.2) is 5.78 Å². The Morgan fingerprint density at radius 1 is 0.964 bits per heavy atom. The number of hydrogen-bond donors (Lipinski definition) is 0. The molecule has 0 unspecified atom stereocenters. The summed E-state index contributed by atoms with van der Waals surface area (Å²) in [5.74, 6) is 0.419. The van der Waals surface area contributed by atoms with Crippen molar-refractivity contribution in [2.45, 2.75) is 84.8 Å². The Labute approximate surface area is 167 Å². The Morgan fingerprint density at radius 3 is 2.36 bits per heavy atom. The van der Waals surface area contributed by atoms with Gasteiger partial charge in [-0.05, 0) is 61.9 Å². The molecule has 4 aliphatic rings. The first-order valence-electron chi connectivity index (χ1n) is 10.7. The third-order valence-electron chi connectivity index (χ3n) is 8.45. The van der Waals surface area contributed by atoms with Crippen LogP contribution in [0.5, 0.6) is 0 Å². The molecule has 0 spiro atoms. The van der Waals surface area contributed by atoms with Gasteiger partial charge in [-0.1, -0.05) is 19.4 Å². The zero-order valence-electron chi connectivity index (χ0n) is 17.5. The van der Waals surface area contributed by atoms with Crippen LogP contribution in [0.4, 0.5) is 0 Å². The maximum atomic E-state index is 13.3. The zero-order valence-corrected chi connectivity index (χ0v) is 17.5. The molecule has 5 nitrogen and oxygen atoms in total. The lowest BCUT2D eigenvalue weighted by Gasteiger charge is -2.56. The lowest BCUT2D eigenvalue weighted by molar-refractivity contribution is -0.158. The predicted octanol–water partition coefficient (Wildman–Crippen LogP) is 3.99. The van der Waals surface area contributed by atoms with Crippen LogP contribution in [-0.2, 0) is 23.9 Å². The molecule has 0 saturated heterocycles. The summed E-state index contributed by atoms with van der Waals surface area (Å²) in [6.45, 7) is 7.46. The molecule has 0 aromatic carbocycles. The molecule has 0 aromatic rings. The van der Waals surface area contributed by atoms with Crippen molar-refractivity contribution in [3.05, 3.63) is 11.6 Å². The van der Waals surface area contributed by atoms with Crippen LogP contribution in [0, 0.1) is 28.6 Å². The highest BCUT2D eigenvalue weighted by molar-refractivity contribution is 5.94. The number of ether oxygens (including phenoxy) is 2. The third kappa shape index (κ3) is 2.93. The molecule has 0 radical (unpaired) electrons. The Kier molecular flexibility index (Phi) is 4.71. The molecule has 0 aliphatic heterocycles. The van der Waals surface area contributed by atoms with Gasteiger partial charge in [-0.2, -0.15) is 0 Å². The number of hydrogen-bond acceptors (Lipinski definition) is 5. The summed E-state index contributed by atoms with van der Waals surface area (Å²) in [4.78, 5) is 36.2. The summed E-state index contributed by atoms with van der Waals surface area (Å²) in [5, 5.41) is 0. The van der Waals surface area contributed by atoms with Gasteiger partial charge in [-0.25, -0.2) is 0 Å². The van der Waals surface area contributed by atoms with E-state index in [1.165, 1.54) is 19.4 Å². The second-order valence-corrected chi connectivity index (χ2v) is 9.92. The summed E-state index contributed by atoms with van der Waals surface area (Å²) < 4.78 is 11.1. The van der Waals surface area contributed by atoms with Gasteiger partial charge in [-0.15, -0.1) is 0 Å². The lowest BCUT2D eigenvalue weighted by atomic mass is 9.47. The van der Waals surface area contributed by atoms with E-state index in [0.29, 0.717) is 12.3 Å². The van der Waals surface area contributed by atoms with E-state index in [0.717, 1.165) is 38.5 Å². The third-order valence-corrected chi connectivity index (χ3v) is 8.45. The molecule has 0 heterocycles. The lowest BCUT2D eigenvalue weighted by Crippen LogP contribution is -2.54. The average Bonchev–Trinajstić information content (AvgIpc) is 2.92. The smallest absolute Gasteiger partial charge is 0.302 e. The summed E-state index contributed by atoms with van der Waals surface area (Å²) in [7, 11) is 0. The topological polar surface area (TPSA) is 69.7 Å². The minimum absolute atomic E-state index is 0.01000. The number of fused-ring (bicyclic) bond motifs is 5. The minimum atomic E-state index is -0.245. The molecule has 0 bridgehead atoms. The average molecular weight is 389 g/mol. The molecule has 3 fully saturated rings. The minimum Gasteiger partial charge on any atom is -0.462 e. The van der Waals surface area contributed by atoms with Crippen molar-refractivity contribution in [1.29, 1.82) is 0 Å². The number of carbonyl (C=O) groups is 3. The number of allylic oxidation sites excluding steroid dienone is 1. The van der Waals surface area contributed by atoms with Gasteiger partial charge in [0.2, 0.25) is 0 Å². The highest BCUT2D eigenvalue weighted by atomic mass is 16.5. The summed E-state index contributed by atoms with van der Waals surface area (Å²) in [5.41, 5.74) is 1.09. The van der Waals surface area contributed by atoms with E-state index in [-0.39, 0.29) is 52.6 Å². The van der Waals surface area contributed by atoms with Crippen LogP contribution in [-0.4, -0.2) is 29.9 Å². The molecule has 4 rings (SSSR count). The monoisotopic (exact) mass is 388 g/mol. The summed E-state index contributed by atoms with van der Waals surface area (Å²) in [6, 6.07) is 0. The van der Waals surface area contributed by atoms with Gasteiger partial charge >= 0.3 is 11.9 Å². The number of esters is 2. The Bertz CT molecular complexity index is 739.